The molecule has 1 aliphatic carbocycles. The Morgan fingerprint density at radius 1 is 1.13 bits per heavy atom. The Bertz CT molecular complexity index is 1190. The van der Waals surface area contributed by atoms with E-state index >= 15 is 0 Å². The number of benzene rings is 2. The number of para-hydroxylation sites is 1. The maximum atomic E-state index is 13.9. The number of carbonyl (C=O) groups excluding carboxylic acids is 2. The zero-order valence-corrected chi connectivity index (χ0v) is 19.4. The molecule has 1 aromatic heterocycles. The van der Waals surface area contributed by atoms with Crippen LogP contribution in [0, 0.1) is 6.92 Å². The van der Waals surface area contributed by atoms with Gasteiger partial charge in [0.05, 0.1) is 6.54 Å². The lowest BCUT2D eigenvalue weighted by Crippen LogP contribution is -2.65. The summed E-state index contributed by atoms with van der Waals surface area (Å²) in [5.74, 6) is -0.231. The van der Waals surface area contributed by atoms with Gasteiger partial charge in [0.15, 0.2) is 0 Å². The lowest BCUT2D eigenvalue weighted by Gasteiger charge is -2.44. The lowest BCUT2D eigenvalue weighted by atomic mass is 9.93. The molecule has 2 aliphatic rings. The number of fused-ring (bicyclic) bond motifs is 3. The number of hydrogen-bond acceptors (Lipinski definition) is 2. The third-order valence-electron chi connectivity index (χ3n) is 6.77. The van der Waals surface area contributed by atoms with E-state index in [1.165, 1.54) is 0 Å². The van der Waals surface area contributed by atoms with Crippen molar-refractivity contribution in [3.63, 3.8) is 0 Å². The summed E-state index contributed by atoms with van der Waals surface area (Å²) >= 11 is 3.55. The molecule has 2 heterocycles. The van der Waals surface area contributed by atoms with Gasteiger partial charge in [-0.3, -0.25) is 14.5 Å². The van der Waals surface area contributed by atoms with E-state index < -0.39 is 5.54 Å². The number of halogens is 1. The Labute approximate surface area is 190 Å². The zero-order chi connectivity index (χ0) is 21.8. The van der Waals surface area contributed by atoms with Gasteiger partial charge in [0.2, 0.25) is 5.91 Å². The van der Waals surface area contributed by atoms with Gasteiger partial charge < -0.3 is 9.88 Å². The second-order valence-corrected chi connectivity index (χ2v) is 9.83. The molecule has 1 aliphatic heterocycles. The molecular formula is C25H26BrN3O2. The van der Waals surface area contributed by atoms with E-state index in [0.717, 1.165) is 52.3 Å². The van der Waals surface area contributed by atoms with E-state index in [4.69, 9.17) is 0 Å². The van der Waals surface area contributed by atoms with E-state index in [1.807, 2.05) is 66.9 Å². The van der Waals surface area contributed by atoms with Crippen molar-refractivity contribution in [3.8, 4) is 0 Å². The Balaban J connectivity index is 1.65. The Morgan fingerprint density at radius 2 is 1.87 bits per heavy atom. The highest BCUT2D eigenvalue weighted by atomic mass is 79.9. The number of aromatic nitrogens is 1. The Hall–Kier alpha value is -2.60. The van der Waals surface area contributed by atoms with E-state index in [-0.39, 0.29) is 17.9 Å². The molecule has 2 amide bonds. The molecule has 0 spiro atoms. The number of nitrogens with one attached hydrogen (secondary N) is 1. The van der Waals surface area contributed by atoms with Crippen molar-refractivity contribution in [2.45, 2.75) is 57.7 Å². The quantitative estimate of drug-likeness (QED) is 0.561. The normalized spacial score (nSPS) is 21.5. The number of amides is 2. The van der Waals surface area contributed by atoms with E-state index in [1.54, 1.807) is 4.90 Å². The fourth-order valence-electron chi connectivity index (χ4n) is 5.03. The number of rotatable bonds is 3. The maximum absolute atomic E-state index is 13.9. The van der Waals surface area contributed by atoms with Crippen LogP contribution in [0.25, 0.3) is 10.9 Å². The fourth-order valence-corrected chi connectivity index (χ4v) is 5.28. The predicted molar refractivity (Wildman–Crippen MR) is 126 cm³/mol. The number of carbonyl (C=O) groups is 2. The molecule has 3 aromatic rings. The van der Waals surface area contributed by atoms with Crippen molar-refractivity contribution in [2.75, 3.05) is 4.90 Å². The van der Waals surface area contributed by atoms with E-state index in [0.29, 0.717) is 12.2 Å². The van der Waals surface area contributed by atoms with E-state index in [9.17, 15) is 9.59 Å². The van der Waals surface area contributed by atoms with Crippen LogP contribution < -0.4 is 10.2 Å². The van der Waals surface area contributed by atoms with Crippen LogP contribution in [0.1, 0.15) is 48.7 Å². The molecule has 1 N–H and O–H groups in total. The zero-order valence-electron chi connectivity index (χ0n) is 17.8. The third kappa shape index (κ3) is 3.28. The second kappa shape index (κ2) is 7.52. The molecule has 5 nitrogen and oxygen atoms in total. The Morgan fingerprint density at radius 3 is 2.61 bits per heavy atom. The number of aryl methyl sites for hydroxylation is 1. The van der Waals surface area contributed by atoms with Crippen LogP contribution in [0.15, 0.2) is 53.0 Å². The number of nitrogens with zero attached hydrogens (tertiary/aromatic N) is 2. The summed E-state index contributed by atoms with van der Waals surface area (Å²) in [5, 5.41) is 4.26. The summed E-state index contributed by atoms with van der Waals surface area (Å²) in [6.45, 7) is 4.30. The number of hydrogen-bond donors (Lipinski definition) is 1. The average molecular weight is 480 g/mol. The average Bonchev–Trinajstić information content (AvgIpc) is 3.38. The van der Waals surface area contributed by atoms with Gasteiger partial charge in [-0.15, -0.1) is 0 Å². The molecule has 2 aromatic carbocycles. The largest absolute Gasteiger partial charge is 0.351 e. The Kier molecular flexibility index (Phi) is 4.93. The van der Waals surface area contributed by atoms with Crippen LogP contribution in [0.3, 0.4) is 0 Å². The molecule has 1 atom stereocenters. The minimum absolute atomic E-state index is 0.0863. The minimum Gasteiger partial charge on any atom is -0.351 e. The van der Waals surface area contributed by atoms with Crippen molar-refractivity contribution in [1.82, 2.24) is 9.88 Å². The smallest absolute Gasteiger partial charge is 0.275 e. The van der Waals surface area contributed by atoms with Crippen molar-refractivity contribution in [1.29, 1.82) is 0 Å². The highest BCUT2D eigenvalue weighted by Crippen LogP contribution is 2.37. The van der Waals surface area contributed by atoms with Gasteiger partial charge in [-0.2, -0.15) is 0 Å². The molecule has 160 valence electrons. The first-order valence-electron chi connectivity index (χ1n) is 10.9. The minimum atomic E-state index is -1.03. The van der Waals surface area contributed by atoms with Crippen molar-refractivity contribution < 1.29 is 9.59 Å². The third-order valence-corrected chi connectivity index (χ3v) is 7.66. The molecule has 31 heavy (non-hydrogen) atoms. The first-order valence-corrected chi connectivity index (χ1v) is 11.7. The maximum Gasteiger partial charge on any atom is 0.275 e. The van der Waals surface area contributed by atoms with Crippen LogP contribution in [0.5, 0.6) is 0 Å². The molecule has 5 rings (SSSR count). The summed E-state index contributed by atoms with van der Waals surface area (Å²) in [6.07, 6.45) is 4.29. The fraction of sp³-hybridized carbons (Fsp3) is 0.360. The topological polar surface area (TPSA) is 54.3 Å². The molecular weight excluding hydrogens is 454 g/mol. The van der Waals surface area contributed by atoms with Crippen LogP contribution in [0.2, 0.25) is 0 Å². The molecule has 1 fully saturated rings. The van der Waals surface area contributed by atoms with Gasteiger partial charge in [0.25, 0.3) is 5.91 Å². The van der Waals surface area contributed by atoms with Gasteiger partial charge in [-0.25, -0.2) is 0 Å². The van der Waals surface area contributed by atoms with Crippen LogP contribution in [-0.4, -0.2) is 28.0 Å². The van der Waals surface area contributed by atoms with Gasteiger partial charge in [0.1, 0.15) is 11.2 Å². The summed E-state index contributed by atoms with van der Waals surface area (Å²) in [6, 6.07) is 15.9. The highest BCUT2D eigenvalue weighted by molar-refractivity contribution is 9.10. The highest BCUT2D eigenvalue weighted by Gasteiger charge is 2.49. The van der Waals surface area contributed by atoms with Crippen LogP contribution >= 0.6 is 15.9 Å². The molecule has 6 heteroatoms. The molecule has 1 unspecified atom stereocenters. The molecule has 0 radical (unpaired) electrons. The second-order valence-electron chi connectivity index (χ2n) is 8.98. The predicted octanol–water partition coefficient (Wildman–Crippen LogP) is 5.19. The summed E-state index contributed by atoms with van der Waals surface area (Å²) in [5.41, 5.74) is 2.33. The van der Waals surface area contributed by atoms with Gasteiger partial charge in [-0.05, 0) is 62.6 Å². The lowest BCUT2D eigenvalue weighted by molar-refractivity contribution is -0.127. The monoisotopic (exact) mass is 479 g/mol. The van der Waals surface area contributed by atoms with Crippen molar-refractivity contribution in [3.05, 3.63) is 64.3 Å². The van der Waals surface area contributed by atoms with Gasteiger partial charge in [-0.1, -0.05) is 47.0 Å². The van der Waals surface area contributed by atoms with Gasteiger partial charge >= 0.3 is 0 Å². The SMILES string of the molecule is Cc1cc(N2C(=O)c3cc4ccccc4n3CC2(C)C(=O)NC2CCCC2)ccc1Br. The van der Waals surface area contributed by atoms with Gasteiger partial charge in [0, 0.05) is 27.1 Å². The van der Waals surface area contributed by atoms with Crippen molar-refractivity contribution >= 4 is 44.3 Å². The summed E-state index contributed by atoms with van der Waals surface area (Å²) in [4.78, 5) is 29.3. The molecule has 1 saturated carbocycles. The molecule has 0 saturated heterocycles. The van der Waals surface area contributed by atoms with Crippen molar-refractivity contribution in [2.24, 2.45) is 0 Å². The van der Waals surface area contributed by atoms with Crippen LogP contribution in [0.4, 0.5) is 5.69 Å². The number of anilines is 1. The standard InChI is InChI=1S/C25H26BrN3O2/c1-16-13-19(11-12-20(16)26)29-23(30)22-14-17-7-3-6-10-21(17)28(22)15-25(29,2)24(31)27-18-8-4-5-9-18/h3,6-7,10-14,18H,4-5,8-9,15H2,1-2H3,(H,27,31). The summed E-state index contributed by atoms with van der Waals surface area (Å²) in [7, 11) is 0. The first kappa shape index (κ1) is 20.3. The van der Waals surface area contributed by atoms with E-state index in [2.05, 4.69) is 21.2 Å². The first-order chi connectivity index (χ1) is 14.9. The van der Waals surface area contributed by atoms with Crippen LogP contribution in [-0.2, 0) is 11.3 Å². The molecule has 0 bridgehead atoms. The summed E-state index contributed by atoms with van der Waals surface area (Å²) < 4.78 is 2.99.